The molecule has 2 amide bonds. The number of benzene rings is 1. The number of likely N-dealkylation sites (N-methyl/N-ethyl adjacent to an activating group) is 1. The highest BCUT2D eigenvalue weighted by Crippen LogP contribution is 2.10. The standard InChI is InChI=1S/C12H17N3O2/c1-13-11(16)8-14-10-6-4-9(5-7-10)12(17)15(2)3/h4-7,14H,8H2,1-3H3,(H,13,16). The average Bonchev–Trinajstić information content (AvgIpc) is 2.35. The van der Waals surface area contributed by atoms with Gasteiger partial charge < -0.3 is 15.5 Å². The lowest BCUT2D eigenvalue weighted by Crippen LogP contribution is -2.26. The quantitative estimate of drug-likeness (QED) is 0.801. The van der Waals surface area contributed by atoms with E-state index in [2.05, 4.69) is 10.6 Å². The first-order valence-electron chi connectivity index (χ1n) is 5.30. The zero-order chi connectivity index (χ0) is 12.8. The monoisotopic (exact) mass is 235 g/mol. The molecule has 0 aromatic heterocycles. The summed E-state index contributed by atoms with van der Waals surface area (Å²) in [4.78, 5) is 24.1. The molecule has 5 nitrogen and oxygen atoms in total. The molecule has 1 aromatic rings. The molecule has 0 aliphatic carbocycles. The fraction of sp³-hybridized carbons (Fsp3) is 0.333. The number of rotatable bonds is 4. The first-order valence-corrected chi connectivity index (χ1v) is 5.30. The summed E-state index contributed by atoms with van der Waals surface area (Å²) in [6.45, 7) is 0.220. The number of anilines is 1. The van der Waals surface area contributed by atoms with Crippen molar-refractivity contribution in [2.24, 2.45) is 0 Å². The highest BCUT2D eigenvalue weighted by molar-refractivity contribution is 5.94. The Bertz CT molecular complexity index is 399. The highest BCUT2D eigenvalue weighted by atomic mass is 16.2. The molecule has 0 fully saturated rings. The first kappa shape index (κ1) is 13.0. The fourth-order valence-corrected chi connectivity index (χ4v) is 1.26. The number of amides is 2. The Morgan fingerprint density at radius 1 is 1.18 bits per heavy atom. The summed E-state index contributed by atoms with van der Waals surface area (Å²) in [5.41, 5.74) is 1.43. The average molecular weight is 235 g/mol. The molecule has 1 rings (SSSR count). The minimum absolute atomic E-state index is 0.0390. The lowest BCUT2D eigenvalue weighted by atomic mass is 10.2. The third-order valence-electron chi connectivity index (χ3n) is 2.27. The Hall–Kier alpha value is -2.04. The van der Waals surface area contributed by atoms with Crippen molar-refractivity contribution in [1.29, 1.82) is 0 Å². The van der Waals surface area contributed by atoms with Gasteiger partial charge >= 0.3 is 0 Å². The molecule has 0 radical (unpaired) electrons. The Morgan fingerprint density at radius 3 is 2.24 bits per heavy atom. The smallest absolute Gasteiger partial charge is 0.253 e. The van der Waals surface area contributed by atoms with Gasteiger partial charge in [0.2, 0.25) is 5.91 Å². The molecule has 0 unspecified atom stereocenters. The molecule has 17 heavy (non-hydrogen) atoms. The maximum atomic E-state index is 11.6. The molecule has 0 saturated heterocycles. The summed E-state index contributed by atoms with van der Waals surface area (Å²) in [5, 5.41) is 5.47. The molecule has 0 heterocycles. The molecule has 92 valence electrons. The van der Waals surface area contributed by atoms with Gasteiger partial charge in [-0.2, -0.15) is 0 Å². The van der Waals surface area contributed by atoms with E-state index in [1.807, 2.05) is 0 Å². The van der Waals surface area contributed by atoms with Crippen LogP contribution >= 0.6 is 0 Å². The van der Waals surface area contributed by atoms with E-state index in [1.165, 1.54) is 4.90 Å². The minimum Gasteiger partial charge on any atom is -0.376 e. The third kappa shape index (κ3) is 3.79. The van der Waals surface area contributed by atoms with Gasteiger partial charge in [-0.15, -0.1) is 0 Å². The second-order valence-electron chi connectivity index (χ2n) is 3.80. The number of nitrogens with one attached hydrogen (secondary N) is 2. The minimum atomic E-state index is -0.0848. The van der Waals surface area contributed by atoms with E-state index in [4.69, 9.17) is 0 Å². The van der Waals surface area contributed by atoms with Gasteiger partial charge in [0.25, 0.3) is 5.91 Å². The molecule has 0 atom stereocenters. The zero-order valence-electron chi connectivity index (χ0n) is 10.3. The van der Waals surface area contributed by atoms with Gasteiger partial charge in [-0.1, -0.05) is 0 Å². The van der Waals surface area contributed by atoms with E-state index in [-0.39, 0.29) is 18.4 Å². The SMILES string of the molecule is CNC(=O)CNc1ccc(C(=O)N(C)C)cc1. The fourth-order valence-electron chi connectivity index (χ4n) is 1.26. The van der Waals surface area contributed by atoms with Crippen LogP contribution in [-0.4, -0.2) is 44.4 Å². The summed E-state index contributed by atoms with van der Waals surface area (Å²) >= 11 is 0. The van der Waals surface area contributed by atoms with Crippen LogP contribution in [0, 0.1) is 0 Å². The van der Waals surface area contributed by atoms with E-state index in [9.17, 15) is 9.59 Å². The van der Waals surface area contributed by atoms with E-state index in [0.29, 0.717) is 5.56 Å². The molecule has 0 aliphatic rings. The highest BCUT2D eigenvalue weighted by Gasteiger charge is 2.07. The van der Waals surface area contributed by atoms with Crippen LogP contribution in [0.5, 0.6) is 0 Å². The molecule has 2 N–H and O–H groups in total. The van der Waals surface area contributed by atoms with Crippen LogP contribution in [0.4, 0.5) is 5.69 Å². The topological polar surface area (TPSA) is 61.4 Å². The molecule has 0 aliphatic heterocycles. The van der Waals surface area contributed by atoms with Crippen LogP contribution in [0.2, 0.25) is 0 Å². The van der Waals surface area contributed by atoms with Crippen molar-refractivity contribution in [2.45, 2.75) is 0 Å². The Morgan fingerprint density at radius 2 is 1.76 bits per heavy atom. The number of hydrogen-bond acceptors (Lipinski definition) is 3. The third-order valence-corrected chi connectivity index (χ3v) is 2.27. The lowest BCUT2D eigenvalue weighted by Gasteiger charge is -2.11. The summed E-state index contributed by atoms with van der Waals surface area (Å²) < 4.78 is 0. The van der Waals surface area contributed by atoms with Crippen molar-refractivity contribution in [1.82, 2.24) is 10.2 Å². The maximum absolute atomic E-state index is 11.6. The number of nitrogens with zero attached hydrogens (tertiary/aromatic N) is 1. The molecular weight excluding hydrogens is 218 g/mol. The predicted octanol–water partition coefficient (Wildman–Crippen LogP) is 0.546. The van der Waals surface area contributed by atoms with E-state index >= 15 is 0 Å². The molecule has 5 heteroatoms. The summed E-state index contributed by atoms with van der Waals surface area (Å²) in [7, 11) is 5.00. The van der Waals surface area contributed by atoms with Crippen molar-refractivity contribution in [3.63, 3.8) is 0 Å². The van der Waals surface area contributed by atoms with Crippen LogP contribution in [0.15, 0.2) is 24.3 Å². The van der Waals surface area contributed by atoms with Crippen LogP contribution in [0.25, 0.3) is 0 Å². The van der Waals surface area contributed by atoms with Crippen molar-refractivity contribution in [3.8, 4) is 0 Å². The molecule has 1 aromatic carbocycles. The van der Waals surface area contributed by atoms with Crippen molar-refractivity contribution < 1.29 is 9.59 Å². The molecule has 0 saturated carbocycles. The second kappa shape index (κ2) is 5.89. The van der Waals surface area contributed by atoms with Crippen molar-refractivity contribution in [2.75, 3.05) is 33.0 Å². The van der Waals surface area contributed by atoms with Gasteiger partial charge in [0.05, 0.1) is 6.54 Å². The van der Waals surface area contributed by atoms with Crippen LogP contribution in [0.1, 0.15) is 10.4 Å². The van der Waals surface area contributed by atoms with Gasteiger partial charge in [0.1, 0.15) is 0 Å². The van der Waals surface area contributed by atoms with E-state index < -0.39 is 0 Å². The van der Waals surface area contributed by atoms with Crippen molar-refractivity contribution >= 4 is 17.5 Å². The van der Waals surface area contributed by atoms with Gasteiger partial charge in [-0.25, -0.2) is 0 Å². The van der Waals surface area contributed by atoms with Crippen LogP contribution < -0.4 is 10.6 Å². The Kier molecular flexibility index (Phi) is 4.51. The number of hydrogen-bond donors (Lipinski definition) is 2. The van der Waals surface area contributed by atoms with Gasteiger partial charge in [-0.3, -0.25) is 9.59 Å². The summed E-state index contributed by atoms with van der Waals surface area (Å²) in [5.74, 6) is -0.124. The summed E-state index contributed by atoms with van der Waals surface area (Å²) in [6, 6.07) is 7.02. The lowest BCUT2D eigenvalue weighted by molar-refractivity contribution is -0.118. The van der Waals surface area contributed by atoms with E-state index in [1.54, 1.807) is 45.4 Å². The Labute approximate surface area is 101 Å². The normalized spacial score (nSPS) is 9.59. The Balaban J connectivity index is 2.62. The van der Waals surface area contributed by atoms with Gasteiger partial charge in [0.15, 0.2) is 0 Å². The zero-order valence-corrected chi connectivity index (χ0v) is 10.3. The van der Waals surface area contributed by atoms with Gasteiger partial charge in [-0.05, 0) is 24.3 Å². The number of carbonyl (C=O) groups excluding carboxylic acids is 2. The first-order chi connectivity index (χ1) is 8.04. The van der Waals surface area contributed by atoms with Crippen LogP contribution in [-0.2, 0) is 4.79 Å². The molecule has 0 bridgehead atoms. The molecular formula is C12H17N3O2. The van der Waals surface area contributed by atoms with E-state index in [0.717, 1.165) is 5.69 Å². The number of carbonyl (C=O) groups is 2. The predicted molar refractivity (Wildman–Crippen MR) is 67.0 cm³/mol. The largest absolute Gasteiger partial charge is 0.376 e. The maximum Gasteiger partial charge on any atom is 0.253 e. The second-order valence-corrected chi connectivity index (χ2v) is 3.80. The van der Waals surface area contributed by atoms with Gasteiger partial charge in [0, 0.05) is 32.4 Å². The van der Waals surface area contributed by atoms with Crippen molar-refractivity contribution in [3.05, 3.63) is 29.8 Å². The van der Waals surface area contributed by atoms with Crippen LogP contribution in [0.3, 0.4) is 0 Å². The summed E-state index contributed by atoms with van der Waals surface area (Å²) in [6.07, 6.45) is 0. The molecule has 0 spiro atoms.